The first-order valence-corrected chi connectivity index (χ1v) is 8.06. The highest BCUT2D eigenvalue weighted by atomic mass is 16.4. The highest BCUT2D eigenvalue weighted by Gasteiger charge is 2.26. The summed E-state index contributed by atoms with van der Waals surface area (Å²) in [5.74, 6) is -1.24. The van der Waals surface area contributed by atoms with Gasteiger partial charge in [-0.1, -0.05) is 46.0 Å². The van der Waals surface area contributed by atoms with E-state index in [9.17, 15) is 14.7 Å². The SMILES string of the molecule is CCCC[C@@H](C(=O)O)[C@@H](C)CC(=O)NC1CCCCC1. The Hall–Kier alpha value is -1.06. The Labute approximate surface area is 122 Å². The number of carbonyl (C=O) groups excluding carboxylic acids is 1. The number of carboxylic acid groups (broad SMARTS) is 1. The smallest absolute Gasteiger partial charge is 0.306 e. The van der Waals surface area contributed by atoms with Crippen LogP contribution in [0, 0.1) is 11.8 Å². The molecule has 4 heteroatoms. The minimum absolute atomic E-state index is 0.0205. The second-order valence-electron chi connectivity index (χ2n) is 6.17. The standard InChI is InChI=1S/C16H29NO3/c1-3-4-10-14(16(19)20)12(2)11-15(18)17-13-8-6-5-7-9-13/h12-14H,3-11H2,1-2H3,(H,17,18)(H,19,20)/t12-,14+/m0/s1. The number of hydrogen-bond donors (Lipinski definition) is 2. The van der Waals surface area contributed by atoms with Gasteiger partial charge >= 0.3 is 5.97 Å². The van der Waals surface area contributed by atoms with Crippen LogP contribution in [0.1, 0.15) is 71.6 Å². The third-order valence-electron chi connectivity index (χ3n) is 4.35. The molecule has 0 saturated heterocycles. The van der Waals surface area contributed by atoms with Crippen molar-refractivity contribution in [1.82, 2.24) is 5.32 Å². The Morgan fingerprint density at radius 3 is 2.45 bits per heavy atom. The van der Waals surface area contributed by atoms with Crippen LogP contribution < -0.4 is 5.32 Å². The molecule has 4 nitrogen and oxygen atoms in total. The fraction of sp³-hybridized carbons (Fsp3) is 0.875. The summed E-state index contributed by atoms with van der Waals surface area (Å²) in [5.41, 5.74) is 0. The molecule has 0 unspecified atom stereocenters. The maximum absolute atomic E-state index is 12.0. The number of amides is 1. The Kier molecular flexibility index (Phi) is 7.63. The van der Waals surface area contributed by atoms with E-state index in [1.165, 1.54) is 19.3 Å². The molecule has 20 heavy (non-hydrogen) atoms. The van der Waals surface area contributed by atoms with E-state index >= 15 is 0 Å². The second-order valence-corrected chi connectivity index (χ2v) is 6.17. The summed E-state index contributed by atoms with van der Waals surface area (Å²) in [4.78, 5) is 23.3. The lowest BCUT2D eigenvalue weighted by molar-refractivity contribution is -0.144. The summed E-state index contributed by atoms with van der Waals surface area (Å²) >= 11 is 0. The van der Waals surface area contributed by atoms with Crippen molar-refractivity contribution in [3.8, 4) is 0 Å². The quantitative estimate of drug-likeness (QED) is 0.718. The van der Waals surface area contributed by atoms with Gasteiger partial charge in [0.05, 0.1) is 5.92 Å². The highest BCUT2D eigenvalue weighted by molar-refractivity contribution is 5.78. The molecule has 1 fully saturated rings. The van der Waals surface area contributed by atoms with Gasteiger partial charge < -0.3 is 10.4 Å². The monoisotopic (exact) mass is 283 g/mol. The molecule has 1 aliphatic rings. The molecule has 0 heterocycles. The Morgan fingerprint density at radius 2 is 1.90 bits per heavy atom. The van der Waals surface area contributed by atoms with E-state index in [0.29, 0.717) is 18.9 Å². The summed E-state index contributed by atoms with van der Waals surface area (Å²) in [5, 5.41) is 12.3. The van der Waals surface area contributed by atoms with Crippen LogP contribution in [-0.2, 0) is 9.59 Å². The molecule has 1 aliphatic carbocycles. The van der Waals surface area contributed by atoms with Crippen LogP contribution in [0.2, 0.25) is 0 Å². The number of unbranched alkanes of at least 4 members (excludes halogenated alkanes) is 1. The maximum atomic E-state index is 12.0. The lowest BCUT2D eigenvalue weighted by atomic mass is 9.86. The molecule has 0 radical (unpaired) electrons. The first-order chi connectivity index (χ1) is 9.54. The van der Waals surface area contributed by atoms with Gasteiger partial charge in [-0.25, -0.2) is 0 Å². The van der Waals surface area contributed by atoms with Crippen molar-refractivity contribution in [2.75, 3.05) is 0 Å². The van der Waals surface area contributed by atoms with E-state index < -0.39 is 11.9 Å². The Bertz CT molecular complexity index is 311. The van der Waals surface area contributed by atoms with Gasteiger partial charge in [0.1, 0.15) is 0 Å². The molecule has 1 saturated carbocycles. The van der Waals surface area contributed by atoms with Crippen molar-refractivity contribution in [3.63, 3.8) is 0 Å². The van der Waals surface area contributed by atoms with Crippen molar-refractivity contribution in [2.24, 2.45) is 11.8 Å². The zero-order chi connectivity index (χ0) is 15.0. The zero-order valence-electron chi connectivity index (χ0n) is 12.9. The molecule has 116 valence electrons. The summed E-state index contributed by atoms with van der Waals surface area (Å²) in [6.07, 6.45) is 8.68. The van der Waals surface area contributed by atoms with E-state index in [1.54, 1.807) is 0 Å². The first-order valence-electron chi connectivity index (χ1n) is 8.06. The van der Waals surface area contributed by atoms with Crippen LogP contribution in [-0.4, -0.2) is 23.0 Å². The maximum Gasteiger partial charge on any atom is 0.306 e. The number of rotatable bonds is 8. The molecule has 0 spiro atoms. The largest absolute Gasteiger partial charge is 0.481 e. The van der Waals surface area contributed by atoms with E-state index in [0.717, 1.165) is 25.7 Å². The molecule has 0 bridgehead atoms. The molecule has 0 aliphatic heterocycles. The van der Waals surface area contributed by atoms with Crippen molar-refractivity contribution in [3.05, 3.63) is 0 Å². The van der Waals surface area contributed by atoms with Crippen molar-refractivity contribution in [1.29, 1.82) is 0 Å². The van der Waals surface area contributed by atoms with Gasteiger partial charge in [0, 0.05) is 12.5 Å². The van der Waals surface area contributed by atoms with Crippen LogP contribution in [0.15, 0.2) is 0 Å². The molecule has 1 rings (SSSR count). The molecule has 0 aromatic heterocycles. The predicted octanol–water partition coefficient (Wildman–Crippen LogP) is 3.35. The Morgan fingerprint density at radius 1 is 1.25 bits per heavy atom. The van der Waals surface area contributed by atoms with Crippen LogP contribution >= 0.6 is 0 Å². The molecule has 1 amide bonds. The fourth-order valence-electron chi connectivity index (χ4n) is 3.04. The van der Waals surface area contributed by atoms with E-state index in [-0.39, 0.29) is 11.8 Å². The number of nitrogens with one attached hydrogen (secondary N) is 1. The molecular formula is C16H29NO3. The van der Waals surface area contributed by atoms with Crippen LogP contribution in [0.3, 0.4) is 0 Å². The van der Waals surface area contributed by atoms with E-state index in [4.69, 9.17) is 0 Å². The van der Waals surface area contributed by atoms with Gasteiger partial charge in [-0.05, 0) is 25.2 Å². The number of carbonyl (C=O) groups is 2. The summed E-state index contributed by atoms with van der Waals surface area (Å²) in [7, 11) is 0. The van der Waals surface area contributed by atoms with Crippen LogP contribution in [0.4, 0.5) is 0 Å². The zero-order valence-corrected chi connectivity index (χ0v) is 12.9. The summed E-state index contributed by atoms with van der Waals surface area (Å²) < 4.78 is 0. The van der Waals surface area contributed by atoms with Crippen molar-refractivity contribution < 1.29 is 14.7 Å². The first kappa shape index (κ1) is 17.0. The predicted molar refractivity (Wildman–Crippen MR) is 79.4 cm³/mol. The second kappa shape index (κ2) is 8.98. The molecule has 0 aromatic rings. The lowest BCUT2D eigenvalue weighted by Crippen LogP contribution is -2.38. The van der Waals surface area contributed by atoms with Gasteiger partial charge in [-0.2, -0.15) is 0 Å². The molecular weight excluding hydrogens is 254 g/mol. The van der Waals surface area contributed by atoms with Crippen LogP contribution in [0.25, 0.3) is 0 Å². The van der Waals surface area contributed by atoms with Crippen molar-refractivity contribution >= 4 is 11.9 Å². The van der Waals surface area contributed by atoms with Crippen LogP contribution in [0.5, 0.6) is 0 Å². The lowest BCUT2D eigenvalue weighted by Gasteiger charge is -2.25. The van der Waals surface area contributed by atoms with Gasteiger partial charge in [-0.3, -0.25) is 9.59 Å². The minimum Gasteiger partial charge on any atom is -0.481 e. The summed E-state index contributed by atoms with van der Waals surface area (Å²) in [6.45, 7) is 3.94. The average Bonchev–Trinajstić information content (AvgIpc) is 2.39. The third-order valence-corrected chi connectivity index (χ3v) is 4.35. The minimum atomic E-state index is -0.767. The Balaban J connectivity index is 2.39. The van der Waals surface area contributed by atoms with Gasteiger partial charge in [0.25, 0.3) is 0 Å². The normalized spacial score (nSPS) is 19.3. The summed E-state index contributed by atoms with van der Waals surface area (Å²) in [6, 6.07) is 0.308. The fourth-order valence-corrected chi connectivity index (χ4v) is 3.04. The van der Waals surface area contributed by atoms with Gasteiger partial charge in [0.15, 0.2) is 0 Å². The number of hydrogen-bond acceptors (Lipinski definition) is 2. The van der Waals surface area contributed by atoms with E-state index in [1.807, 2.05) is 6.92 Å². The van der Waals surface area contributed by atoms with Crippen molar-refractivity contribution in [2.45, 2.75) is 77.7 Å². The van der Waals surface area contributed by atoms with Gasteiger partial charge in [0.2, 0.25) is 5.91 Å². The number of carboxylic acids is 1. The molecule has 2 atom stereocenters. The highest BCUT2D eigenvalue weighted by Crippen LogP contribution is 2.23. The van der Waals surface area contributed by atoms with E-state index in [2.05, 4.69) is 12.2 Å². The van der Waals surface area contributed by atoms with Gasteiger partial charge in [-0.15, -0.1) is 0 Å². The topological polar surface area (TPSA) is 66.4 Å². The average molecular weight is 283 g/mol. The molecule has 2 N–H and O–H groups in total. The number of aliphatic carboxylic acids is 1. The third kappa shape index (κ3) is 5.93. The molecule has 0 aromatic carbocycles.